The van der Waals surface area contributed by atoms with Crippen LogP contribution in [0.1, 0.15) is 31.1 Å². The summed E-state index contributed by atoms with van der Waals surface area (Å²) >= 11 is 0. The molecular weight excluding hydrogens is 382 g/mol. The van der Waals surface area contributed by atoms with Crippen molar-refractivity contribution in [2.45, 2.75) is 20.8 Å². The smallest absolute Gasteiger partial charge is 0.316 e. The van der Waals surface area contributed by atoms with Gasteiger partial charge in [0.2, 0.25) is 0 Å². The Morgan fingerprint density at radius 1 is 1.23 bits per heavy atom. The number of ether oxygens (including phenoxy) is 1. The first kappa shape index (κ1) is 19.6. The largest absolute Gasteiger partial charge is 0.463 e. The van der Waals surface area contributed by atoms with Gasteiger partial charge in [-0.25, -0.2) is 9.97 Å². The third kappa shape index (κ3) is 4.45. The van der Waals surface area contributed by atoms with Crippen molar-refractivity contribution in [2.24, 2.45) is 12.5 Å². The van der Waals surface area contributed by atoms with E-state index in [1.165, 1.54) is 6.20 Å². The number of pyridine rings is 1. The maximum Gasteiger partial charge on any atom is 0.316 e. The Morgan fingerprint density at radius 3 is 2.80 bits per heavy atom. The predicted octanol–water partition coefficient (Wildman–Crippen LogP) is 3.43. The second kappa shape index (κ2) is 7.58. The maximum absolute atomic E-state index is 12.3. The summed E-state index contributed by atoms with van der Waals surface area (Å²) in [6, 6.07) is 5.88. The van der Waals surface area contributed by atoms with Gasteiger partial charge in [0.1, 0.15) is 5.82 Å². The monoisotopic (exact) mass is 405 g/mol. The Morgan fingerprint density at radius 2 is 2.07 bits per heavy atom. The van der Waals surface area contributed by atoms with Gasteiger partial charge in [0.25, 0.3) is 5.91 Å². The average molecular weight is 405 g/mol. The van der Waals surface area contributed by atoms with Gasteiger partial charge in [-0.1, -0.05) is 20.8 Å². The van der Waals surface area contributed by atoms with Crippen LogP contribution in [0, 0.1) is 5.41 Å². The number of anilines is 1. The van der Waals surface area contributed by atoms with E-state index in [0.29, 0.717) is 29.7 Å². The van der Waals surface area contributed by atoms with Gasteiger partial charge in [-0.3, -0.25) is 9.48 Å². The SMILES string of the molecule is Cn1cc(C(=O)Nc2cc3[nH]c(-c4ccnc(OCC(C)(C)C)n4)cc3cn2)cn1. The number of nitrogens with one attached hydrogen (secondary N) is 2. The summed E-state index contributed by atoms with van der Waals surface area (Å²) < 4.78 is 7.28. The fourth-order valence-electron chi connectivity index (χ4n) is 2.80. The van der Waals surface area contributed by atoms with Crippen LogP contribution in [0.2, 0.25) is 0 Å². The van der Waals surface area contributed by atoms with E-state index in [2.05, 4.69) is 51.1 Å². The van der Waals surface area contributed by atoms with Crippen molar-refractivity contribution in [2.75, 3.05) is 11.9 Å². The molecule has 0 atom stereocenters. The number of carbonyl (C=O) groups is 1. The summed E-state index contributed by atoms with van der Waals surface area (Å²) in [5.41, 5.74) is 2.84. The summed E-state index contributed by atoms with van der Waals surface area (Å²) in [6.07, 6.45) is 6.53. The molecule has 0 saturated carbocycles. The Bertz CT molecular complexity index is 1200. The second-order valence-electron chi connectivity index (χ2n) is 8.27. The molecule has 9 heteroatoms. The van der Waals surface area contributed by atoms with E-state index < -0.39 is 0 Å². The molecule has 0 spiro atoms. The van der Waals surface area contributed by atoms with Crippen LogP contribution in [0.4, 0.5) is 5.82 Å². The van der Waals surface area contributed by atoms with Gasteiger partial charge in [0.15, 0.2) is 0 Å². The van der Waals surface area contributed by atoms with Crippen molar-refractivity contribution in [3.8, 4) is 17.4 Å². The fourth-order valence-corrected chi connectivity index (χ4v) is 2.80. The highest BCUT2D eigenvalue weighted by Gasteiger charge is 2.14. The van der Waals surface area contributed by atoms with Crippen LogP contribution in [0.3, 0.4) is 0 Å². The zero-order valence-corrected chi connectivity index (χ0v) is 17.3. The lowest BCUT2D eigenvalue weighted by atomic mass is 9.99. The molecule has 2 N–H and O–H groups in total. The summed E-state index contributed by atoms with van der Waals surface area (Å²) in [4.78, 5) is 28.6. The quantitative estimate of drug-likeness (QED) is 0.526. The van der Waals surface area contributed by atoms with Crippen LogP contribution in [0.5, 0.6) is 6.01 Å². The van der Waals surface area contributed by atoms with Gasteiger partial charge >= 0.3 is 6.01 Å². The number of rotatable bonds is 5. The van der Waals surface area contributed by atoms with Crippen LogP contribution in [-0.4, -0.2) is 42.2 Å². The number of fused-ring (bicyclic) bond motifs is 1. The fraction of sp³-hybridized carbons (Fsp3) is 0.286. The molecule has 4 aromatic rings. The molecule has 0 fully saturated rings. The zero-order chi connectivity index (χ0) is 21.3. The van der Waals surface area contributed by atoms with Crippen LogP contribution in [-0.2, 0) is 7.05 Å². The van der Waals surface area contributed by atoms with E-state index in [0.717, 1.165) is 16.6 Å². The van der Waals surface area contributed by atoms with Crippen molar-refractivity contribution >= 4 is 22.6 Å². The van der Waals surface area contributed by atoms with Gasteiger partial charge in [-0.05, 0) is 17.5 Å². The van der Waals surface area contributed by atoms with E-state index in [1.807, 2.05) is 12.1 Å². The van der Waals surface area contributed by atoms with Crippen molar-refractivity contribution in [1.82, 2.24) is 29.7 Å². The standard InChI is InChI=1S/C21H23N7O2/c1-21(2,3)12-30-20-22-6-5-15(26-20)17-7-13-9-23-18(8-16(13)25-17)27-19(29)14-10-24-28(4)11-14/h5-11,25H,12H2,1-4H3,(H,23,27,29). The Balaban J connectivity index is 1.54. The molecule has 4 rings (SSSR count). The molecule has 1 amide bonds. The average Bonchev–Trinajstić information content (AvgIpc) is 3.32. The molecule has 4 heterocycles. The molecule has 0 unspecified atom stereocenters. The minimum absolute atomic E-state index is 0.0167. The molecule has 0 aliphatic heterocycles. The highest BCUT2D eigenvalue weighted by atomic mass is 16.5. The number of aryl methyl sites for hydroxylation is 1. The first-order chi connectivity index (χ1) is 14.3. The highest BCUT2D eigenvalue weighted by Crippen LogP contribution is 2.25. The number of carbonyl (C=O) groups excluding carboxylic acids is 1. The number of hydrogen-bond donors (Lipinski definition) is 2. The predicted molar refractivity (Wildman–Crippen MR) is 113 cm³/mol. The zero-order valence-electron chi connectivity index (χ0n) is 17.3. The normalized spacial score (nSPS) is 11.6. The first-order valence-electron chi connectivity index (χ1n) is 9.52. The molecule has 30 heavy (non-hydrogen) atoms. The molecular formula is C21H23N7O2. The second-order valence-corrected chi connectivity index (χ2v) is 8.27. The van der Waals surface area contributed by atoms with Crippen molar-refractivity contribution < 1.29 is 9.53 Å². The number of aromatic amines is 1. The Hall–Kier alpha value is -3.75. The Kier molecular flexibility index (Phi) is 4.94. The van der Waals surface area contributed by atoms with E-state index in [-0.39, 0.29) is 11.3 Å². The minimum Gasteiger partial charge on any atom is -0.463 e. The summed E-state index contributed by atoms with van der Waals surface area (Å²) in [7, 11) is 1.76. The molecule has 154 valence electrons. The summed E-state index contributed by atoms with van der Waals surface area (Å²) in [5.74, 6) is 0.180. The van der Waals surface area contributed by atoms with E-state index in [4.69, 9.17) is 4.74 Å². The number of amides is 1. The summed E-state index contributed by atoms with van der Waals surface area (Å²) in [6.45, 7) is 6.79. The van der Waals surface area contributed by atoms with Gasteiger partial charge in [-0.15, -0.1) is 0 Å². The van der Waals surface area contributed by atoms with E-state index in [9.17, 15) is 4.79 Å². The summed E-state index contributed by atoms with van der Waals surface area (Å²) in [5, 5.41) is 7.69. The van der Waals surface area contributed by atoms with Gasteiger partial charge in [0.05, 0.1) is 35.3 Å². The Labute approximate surface area is 173 Å². The van der Waals surface area contributed by atoms with Crippen LogP contribution < -0.4 is 10.1 Å². The van der Waals surface area contributed by atoms with Crippen molar-refractivity contribution in [1.29, 1.82) is 0 Å². The van der Waals surface area contributed by atoms with Crippen molar-refractivity contribution in [3.05, 3.63) is 48.5 Å². The van der Waals surface area contributed by atoms with E-state index in [1.54, 1.807) is 36.4 Å². The van der Waals surface area contributed by atoms with Crippen molar-refractivity contribution in [3.63, 3.8) is 0 Å². The lowest BCUT2D eigenvalue weighted by Crippen LogP contribution is -2.17. The molecule has 0 aliphatic rings. The lowest BCUT2D eigenvalue weighted by Gasteiger charge is -2.17. The molecule has 0 bridgehead atoms. The van der Waals surface area contributed by atoms with Crippen LogP contribution in [0.25, 0.3) is 22.3 Å². The van der Waals surface area contributed by atoms with Gasteiger partial charge < -0.3 is 15.0 Å². The van der Waals surface area contributed by atoms with Gasteiger partial charge in [0, 0.05) is 37.1 Å². The maximum atomic E-state index is 12.3. The topological polar surface area (TPSA) is 111 Å². The molecule has 0 radical (unpaired) electrons. The molecule has 0 aromatic carbocycles. The van der Waals surface area contributed by atoms with Crippen LogP contribution >= 0.6 is 0 Å². The molecule has 9 nitrogen and oxygen atoms in total. The molecule has 0 saturated heterocycles. The third-order valence-electron chi connectivity index (χ3n) is 4.26. The van der Waals surface area contributed by atoms with E-state index >= 15 is 0 Å². The number of nitrogens with zero attached hydrogens (tertiary/aromatic N) is 5. The number of aromatic nitrogens is 6. The third-order valence-corrected chi connectivity index (χ3v) is 4.26. The molecule has 4 aromatic heterocycles. The number of H-pyrrole nitrogens is 1. The molecule has 0 aliphatic carbocycles. The highest BCUT2D eigenvalue weighted by molar-refractivity contribution is 6.04. The lowest BCUT2D eigenvalue weighted by molar-refractivity contribution is 0.102. The first-order valence-corrected chi connectivity index (χ1v) is 9.52. The van der Waals surface area contributed by atoms with Gasteiger partial charge in [-0.2, -0.15) is 10.1 Å². The minimum atomic E-state index is -0.266. The number of hydrogen-bond acceptors (Lipinski definition) is 6. The van der Waals surface area contributed by atoms with Crippen LogP contribution in [0.15, 0.2) is 43.0 Å².